The van der Waals surface area contributed by atoms with Crippen LogP contribution >= 0.6 is 0 Å². The summed E-state index contributed by atoms with van der Waals surface area (Å²) in [6.07, 6.45) is -9.30. The highest BCUT2D eigenvalue weighted by molar-refractivity contribution is 5.73. The van der Waals surface area contributed by atoms with Gasteiger partial charge >= 0.3 is 18.4 Å². The number of alkyl halides is 6. The van der Waals surface area contributed by atoms with Gasteiger partial charge in [0.05, 0.1) is 23.8 Å². The number of amides is 2. The normalized spacial score (nSPS) is 19.4. The molecule has 1 N–H and O–H groups in total. The van der Waals surface area contributed by atoms with Gasteiger partial charge in [0.15, 0.2) is 0 Å². The minimum Gasteiger partial charge on any atom is -0.373 e. The zero-order valence-electron chi connectivity index (χ0n) is 17.8. The molecule has 180 valence electrons. The van der Waals surface area contributed by atoms with Gasteiger partial charge in [-0.3, -0.25) is 0 Å². The van der Waals surface area contributed by atoms with Crippen molar-refractivity contribution in [3.05, 3.63) is 70.8 Å². The smallest absolute Gasteiger partial charge is 0.373 e. The molecule has 0 unspecified atom stereocenters. The van der Waals surface area contributed by atoms with E-state index in [1.54, 1.807) is 4.90 Å². The van der Waals surface area contributed by atoms with Crippen LogP contribution in [0.25, 0.3) is 0 Å². The lowest BCUT2D eigenvalue weighted by Crippen LogP contribution is -2.50. The molecule has 1 saturated heterocycles. The predicted octanol–water partition coefficient (Wildman–Crippen LogP) is 5.51. The molecule has 10 heteroatoms. The number of hydrogen-bond acceptors (Lipinski definition) is 2. The Bertz CT molecular complexity index is 914. The molecule has 0 saturated carbocycles. The van der Waals surface area contributed by atoms with Crippen LogP contribution in [0.2, 0.25) is 0 Å². The maximum Gasteiger partial charge on any atom is 0.416 e. The quantitative estimate of drug-likeness (QED) is 0.581. The first kappa shape index (κ1) is 24.9. The van der Waals surface area contributed by atoms with Crippen LogP contribution in [0.15, 0.2) is 48.5 Å². The lowest BCUT2D eigenvalue weighted by molar-refractivity contribution is -0.143. The maximum absolute atomic E-state index is 13.1. The summed E-state index contributed by atoms with van der Waals surface area (Å²) in [7, 11) is 1.52. The van der Waals surface area contributed by atoms with Crippen molar-refractivity contribution >= 4 is 6.03 Å². The van der Waals surface area contributed by atoms with E-state index in [1.165, 1.54) is 7.05 Å². The molecule has 1 fully saturated rings. The first-order chi connectivity index (χ1) is 15.5. The minimum absolute atomic E-state index is 0.101. The summed E-state index contributed by atoms with van der Waals surface area (Å²) in [4.78, 5) is 13.7. The van der Waals surface area contributed by atoms with Crippen LogP contribution in [0, 0.1) is 5.92 Å². The molecule has 0 aromatic heterocycles. The van der Waals surface area contributed by atoms with Gasteiger partial charge in [0.1, 0.15) is 0 Å². The molecule has 1 heterocycles. The SMILES string of the molecule is CNC(=O)N1CC[C@H](OCc2cc(C(F)(F)F)cc(C(F)(F)F)c2)[C@H](Cc2ccccc2)C1. The highest BCUT2D eigenvalue weighted by atomic mass is 19.4. The number of rotatable bonds is 5. The monoisotopic (exact) mass is 474 g/mol. The average molecular weight is 474 g/mol. The van der Waals surface area contributed by atoms with E-state index in [-0.39, 0.29) is 23.6 Å². The van der Waals surface area contributed by atoms with Gasteiger partial charge in [-0.2, -0.15) is 26.3 Å². The second-order valence-corrected chi connectivity index (χ2v) is 8.00. The molecule has 2 amide bonds. The number of hydrogen-bond donors (Lipinski definition) is 1. The molecule has 3 rings (SSSR count). The molecular formula is C23H24F6N2O2. The number of carbonyl (C=O) groups excluding carboxylic acids is 1. The Morgan fingerprint density at radius 2 is 1.61 bits per heavy atom. The van der Waals surface area contributed by atoms with Crippen molar-refractivity contribution in [2.75, 3.05) is 20.1 Å². The fourth-order valence-electron chi connectivity index (χ4n) is 3.99. The molecule has 0 aliphatic carbocycles. The van der Waals surface area contributed by atoms with Gasteiger partial charge in [0.25, 0.3) is 0 Å². The second-order valence-electron chi connectivity index (χ2n) is 8.00. The van der Waals surface area contributed by atoms with Gasteiger partial charge in [0, 0.05) is 26.1 Å². The molecule has 4 nitrogen and oxygen atoms in total. The van der Waals surface area contributed by atoms with E-state index < -0.39 is 36.2 Å². The maximum atomic E-state index is 13.1. The fourth-order valence-corrected chi connectivity index (χ4v) is 3.99. The second kappa shape index (κ2) is 10.0. The van der Waals surface area contributed by atoms with Crippen LogP contribution in [-0.2, 0) is 30.1 Å². The Balaban J connectivity index is 1.79. The van der Waals surface area contributed by atoms with Crippen molar-refractivity contribution in [3.8, 4) is 0 Å². The van der Waals surface area contributed by atoms with Crippen LogP contribution in [0.1, 0.15) is 28.7 Å². The van der Waals surface area contributed by atoms with E-state index in [4.69, 9.17) is 4.74 Å². The van der Waals surface area contributed by atoms with Crippen LogP contribution < -0.4 is 5.32 Å². The van der Waals surface area contributed by atoms with Crippen molar-refractivity contribution in [1.82, 2.24) is 10.2 Å². The first-order valence-electron chi connectivity index (χ1n) is 10.4. The predicted molar refractivity (Wildman–Crippen MR) is 109 cm³/mol. The topological polar surface area (TPSA) is 41.6 Å². The van der Waals surface area contributed by atoms with Crippen LogP contribution in [0.4, 0.5) is 31.1 Å². The summed E-state index contributed by atoms with van der Waals surface area (Å²) in [6.45, 7) is 0.324. The van der Waals surface area contributed by atoms with E-state index in [2.05, 4.69) is 5.32 Å². The van der Waals surface area contributed by atoms with Crippen molar-refractivity contribution < 1.29 is 35.9 Å². The fraction of sp³-hybridized carbons (Fsp3) is 0.435. The average Bonchev–Trinajstić information content (AvgIpc) is 2.77. The third-order valence-electron chi connectivity index (χ3n) is 5.62. The van der Waals surface area contributed by atoms with E-state index in [9.17, 15) is 31.1 Å². The molecule has 0 spiro atoms. The zero-order valence-corrected chi connectivity index (χ0v) is 17.8. The molecule has 2 atom stereocenters. The van der Waals surface area contributed by atoms with E-state index in [0.29, 0.717) is 38.1 Å². The number of benzene rings is 2. The summed E-state index contributed by atoms with van der Waals surface area (Å²) < 4.78 is 84.7. The lowest BCUT2D eigenvalue weighted by Gasteiger charge is -2.38. The molecule has 2 aromatic carbocycles. The summed E-state index contributed by atoms with van der Waals surface area (Å²) in [5, 5.41) is 2.57. The minimum atomic E-state index is -4.91. The van der Waals surface area contributed by atoms with Gasteiger partial charge in [0.2, 0.25) is 0 Å². The number of urea groups is 1. The van der Waals surface area contributed by atoms with Gasteiger partial charge in [-0.15, -0.1) is 0 Å². The Morgan fingerprint density at radius 1 is 1.00 bits per heavy atom. The van der Waals surface area contributed by atoms with Crippen molar-refractivity contribution in [1.29, 1.82) is 0 Å². The molecule has 1 aliphatic heterocycles. The molecule has 1 aliphatic rings. The summed E-state index contributed by atoms with van der Waals surface area (Å²) >= 11 is 0. The zero-order chi connectivity index (χ0) is 24.2. The van der Waals surface area contributed by atoms with E-state index in [1.807, 2.05) is 30.3 Å². The highest BCUT2D eigenvalue weighted by Crippen LogP contribution is 2.37. The summed E-state index contributed by atoms with van der Waals surface area (Å²) in [6, 6.07) is 10.6. The molecule has 33 heavy (non-hydrogen) atoms. The highest BCUT2D eigenvalue weighted by Gasteiger charge is 2.37. The molecule has 0 radical (unpaired) electrons. The molecule has 0 bridgehead atoms. The van der Waals surface area contributed by atoms with Crippen LogP contribution in [0.3, 0.4) is 0 Å². The Morgan fingerprint density at radius 3 is 2.15 bits per heavy atom. The van der Waals surface area contributed by atoms with Gasteiger partial charge < -0.3 is 15.0 Å². The Kier molecular flexibility index (Phi) is 7.56. The van der Waals surface area contributed by atoms with E-state index in [0.717, 1.165) is 5.56 Å². The summed E-state index contributed by atoms with van der Waals surface area (Å²) in [5.74, 6) is -0.175. The lowest BCUT2D eigenvalue weighted by atomic mass is 9.88. The van der Waals surface area contributed by atoms with Crippen molar-refractivity contribution in [3.63, 3.8) is 0 Å². The number of nitrogens with one attached hydrogen (secondary N) is 1. The van der Waals surface area contributed by atoms with Crippen molar-refractivity contribution in [2.24, 2.45) is 5.92 Å². The van der Waals surface area contributed by atoms with Gasteiger partial charge in [-0.1, -0.05) is 30.3 Å². The standard InChI is InChI=1S/C23H24F6N2O2/c1-30-21(32)31-8-7-20(17(13-31)9-15-5-3-2-4-6-15)33-14-16-10-18(22(24,25)26)12-19(11-16)23(27,28)29/h2-6,10-12,17,20H,7-9,13-14H2,1H3,(H,30,32)/t17-,20+/m1/s1. The van der Waals surface area contributed by atoms with E-state index >= 15 is 0 Å². The van der Waals surface area contributed by atoms with Crippen LogP contribution in [0.5, 0.6) is 0 Å². The first-order valence-corrected chi connectivity index (χ1v) is 10.4. The molecule has 2 aromatic rings. The van der Waals surface area contributed by atoms with Gasteiger partial charge in [-0.05, 0) is 42.2 Å². The van der Waals surface area contributed by atoms with Crippen LogP contribution in [-0.4, -0.2) is 37.2 Å². The van der Waals surface area contributed by atoms with Crippen molar-refractivity contribution in [2.45, 2.75) is 37.9 Å². The molecular weight excluding hydrogens is 450 g/mol. The number of carbonyl (C=O) groups is 1. The number of ether oxygens (including phenoxy) is 1. The number of piperidine rings is 1. The third-order valence-corrected chi connectivity index (χ3v) is 5.62. The Labute approximate surface area is 187 Å². The van der Waals surface area contributed by atoms with Gasteiger partial charge in [-0.25, -0.2) is 4.79 Å². The number of halogens is 6. The largest absolute Gasteiger partial charge is 0.416 e. The summed E-state index contributed by atoms with van der Waals surface area (Å²) in [5.41, 5.74) is -1.95. The third kappa shape index (κ3) is 6.63. The number of nitrogens with zero attached hydrogens (tertiary/aromatic N) is 1. The number of likely N-dealkylation sites (tertiary alicyclic amines) is 1. The Hall–Kier alpha value is -2.75.